The monoisotopic (exact) mass is 1160 g/mol. The highest BCUT2D eigenvalue weighted by Crippen LogP contribution is 2.51. The van der Waals surface area contributed by atoms with Gasteiger partial charge in [0.15, 0.2) is 0 Å². The highest BCUT2D eigenvalue weighted by molar-refractivity contribution is 8.00. The zero-order valence-electron chi connectivity index (χ0n) is 50.4. The minimum absolute atomic E-state index is 0.0411. The third-order valence-corrected chi connectivity index (χ3v) is 22.4. The second-order valence-electron chi connectivity index (χ2n) is 27.2. The molecule has 0 fully saturated rings. The van der Waals surface area contributed by atoms with Crippen molar-refractivity contribution in [3.63, 3.8) is 0 Å². The van der Waals surface area contributed by atoms with Crippen LogP contribution in [-0.4, -0.2) is 22.6 Å². The second-order valence-corrected chi connectivity index (χ2v) is 28.3. The summed E-state index contributed by atoms with van der Waals surface area (Å²) in [4.78, 5) is 5.21. The van der Waals surface area contributed by atoms with Crippen LogP contribution in [0.5, 0.6) is 0 Å². The molecule has 19 rings (SSSR count). The summed E-state index contributed by atoms with van der Waals surface area (Å²) < 4.78 is 4.97. The first-order valence-electron chi connectivity index (χ1n) is 31.8. The molecular weight excluding hydrogens is 1090 g/mol. The summed E-state index contributed by atoms with van der Waals surface area (Å²) in [5.41, 5.74) is 40.2. The summed E-state index contributed by atoms with van der Waals surface area (Å²) in [7, 11) is 0. The van der Waals surface area contributed by atoms with Crippen molar-refractivity contribution >= 4 is 124 Å². The number of nitrogens with two attached hydrogens (primary N) is 1. The van der Waals surface area contributed by atoms with Gasteiger partial charge in [0.05, 0.1) is 22.1 Å². The van der Waals surface area contributed by atoms with E-state index in [0.717, 1.165) is 36.3 Å². The number of hydrogen-bond acceptors (Lipinski definition) is 3. The lowest BCUT2D eigenvalue weighted by Gasteiger charge is -2.43. The Morgan fingerprint density at radius 2 is 0.921 bits per heavy atom. The molecule has 14 aromatic rings. The van der Waals surface area contributed by atoms with E-state index in [1.165, 1.54) is 165 Å². The molecule has 0 saturated carbocycles. The molecule has 0 unspecified atom stereocenters. The van der Waals surface area contributed by atoms with E-state index in [2.05, 4.69) is 284 Å². The molecule has 6 heterocycles. The number of aromatic nitrogens is 2. The molecule has 4 aliphatic heterocycles. The summed E-state index contributed by atoms with van der Waals surface area (Å²) in [6.45, 7) is 9.90. The Kier molecular flexibility index (Phi) is 10.8. The van der Waals surface area contributed by atoms with Crippen LogP contribution in [0.1, 0.15) is 73.9 Å². The lowest BCUT2D eigenvalue weighted by Crippen LogP contribution is -2.61. The number of fused-ring (bicyclic) bond motifs is 15. The molecule has 4 nitrogen and oxygen atoms in total. The van der Waals surface area contributed by atoms with Crippen molar-refractivity contribution in [1.29, 1.82) is 0 Å². The van der Waals surface area contributed by atoms with Crippen LogP contribution in [0, 0.1) is 0 Å². The Bertz CT molecular complexity index is 5310. The summed E-state index contributed by atoms with van der Waals surface area (Å²) in [6.07, 6.45) is 4.09. The fourth-order valence-corrected chi connectivity index (χ4v) is 18.4. The molecular formula is C82H62B2N4S. The van der Waals surface area contributed by atoms with Gasteiger partial charge in [-0.15, -0.1) is 0 Å². The van der Waals surface area contributed by atoms with E-state index in [4.69, 9.17) is 5.73 Å². The molecule has 2 aromatic heterocycles. The summed E-state index contributed by atoms with van der Waals surface area (Å²) in [6, 6.07) is 93.0. The third kappa shape index (κ3) is 7.46. The normalized spacial score (nSPS) is 15.3. The molecule has 7 heteroatoms. The van der Waals surface area contributed by atoms with Crippen LogP contribution in [0.25, 0.3) is 77.2 Å². The van der Waals surface area contributed by atoms with Crippen molar-refractivity contribution in [2.75, 3.05) is 10.6 Å². The number of anilines is 4. The van der Waals surface area contributed by atoms with Gasteiger partial charge >= 0.3 is 0 Å². The van der Waals surface area contributed by atoms with Gasteiger partial charge in [-0.2, -0.15) is 0 Å². The van der Waals surface area contributed by atoms with Crippen molar-refractivity contribution < 1.29 is 0 Å². The van der Waals surface area contributed by atoms with Gasteiger partial charge in [-0.25, -0.2) is 0 Å². The molecule has 89 heavy (non-hydrogen) atoms. The molecule has 0 atom stereocenters. The Morgan fingerprint density at radius 3 is 1.60 bits per heavy atom. The van der Waals surface area contributed by atoms with Gasteiger partial charge < -0.3 is 19.8 Å². The predicted molar refractivity (Wildman–Crippen MR) is 379 cm³/mol. The topological polar surface area (TPSA) is 39.1 Å². The standard InChI is InChI=1S/C82H62B2N4S/c1-81(2)38-39-82(3,4)78-60(21-15-22-65(78)81)49-28-31-57(32-29-49)86-74-47-58(87-70-24-11-6-17-61(70)62-18-7-12-25-71(62)87)33-36-68(74)84-69-37-34-59(88-72-26-13-8-19-63(72)64-20-9-14-27-73(64)88)48-76(69)89-77-46-52(45-75(86)80(77)84)51-41-54-40-50-16-5-10-23-66(50)83-67-35-30-56(85)44-53(67)43-55(42-51)79(54)83/h5-37,41-42,44-48H,38-40,43,85H2,1-4H3. The Morgan fingerprint density at radius 1 is 0.382 bits per heavy atom. The average molecular weight is 1160 g/mol. The van der Waals surface area contributed by atoms with E-state index in [-0.39, 0.29) is 24.3 Å². The summed E-state index contributed by atoms with van der Waals surface area (Å²) in [5, 5.41) is 5.04. The van der Waals surface area contributed by atoms with E-state index in [1.807, 2.05) is 11.8 Å². The maximum absolute atomic E-state index is 6.64. The van der Waals surface area contributed by atoms with Crippen LogP contribution in [0.15, 0.2) is 252 Å². The van der Waals surface area contributed by atoms with Crippen LogP contribution >= 0.6 is 11.8 Å². The predicted octanol–water partition coefficient (Wildman–Crippen LogP) is 16.2. The van der Waals surface area contributed by atoms with E-state index in [9.17, 15) is 0 Å². The maximum Gasteiger partial charge on any atom is 0.249 e. The van der Waals surface area contributed by atoms with Crippen molar-refractivity contribution in [3.05, 3.63) is 276 Å². The molecule has 422 valence electrons. The van der Waals surface area contributed by atoms with Crippen LogP contribution < -0.4 is 43.4 Å². The van der Waals surface area contributed by atoms with Crippen LogP contribution in [0.2, 0.25) is 0 Å². The van der Waals surface area contributed by atoms with E-state index in [1.54, 1.807) is 0 Å². The molecule has 0 amide bonds. The first-order chi connectivity index (χ1) is 43.5. The first-order valence-corrected chi connectivity index (χ1v) is 32.6. The summed E-state index contributed by atoms with van der Waals surface area (Å²) in [5.74, 6) is 0. The number of nitrogen functional groups attached to an aromatic ring is 1. The molecule has 12 aromatic carbocycles. The van der Waals surface area contributed by atoms with Gasteiger partial charge in [0.2, 0.25) is 13.4 Å². The Hall–Kier alpha value is -9.68. The van der Waals surface area contributed by atoms with Crippen molar-refractivity contribution in [3.8, 4) is 33.6 Å². The Balaban J connectivity index is 0.863. The lowest BCUT2D eigenvalue weighted by molar-refractivity contribution is 0.333. The maximum atomic E-state index is 6.64. The molecule has 2 N–H and O–H groups in total. The van der Waals surface area contributed by atoms with E-state index >= 15 is 0 Å². The van der Waals surface area contributed by atoms with Crippen molar-refractivity contribution in [2.24, 2.45) is 0 Å². The molecule has 0 bridgehead atoms. The smallest absolute Gasteiger partial charge is 0.249 e. The van der Waals surface area contributed by atoms with E-state index in [0.29, 0.717) is 0 Å². The number of rotatable bonds is 5. The third-order valence-electron chi connectivity index (χ3n) is 21.3. The van der Waals surface area contributed by atoms with Gasteiger partial charge in [0, 0.05) is 65.5 Å². The largest absolute Gasteiger partial charge is 0.399 e. The zero-order valence-corrected chi connectivity index (χ0v) is 51.2. The number of nitrogens with zero attached hydrogens (tertiary/aromatic N) is 3. The minimum atomic E-state index is -0.0411. The fraction of sp³-hybridized carbons (Fsp3) is 0.122. The van der Waals surface area contributed by atoms with Crippen LogP contribution in [-0.2, 0) is 23.7 Å². The van der Waals surface area contributed by atoms with Gasteiger partial charge in [-0.1, -0.05) is 219 Å². The quantitative estimate of drug-likeness (QED) is 0.138. The van der Waals surface area contributed by atoms with Crippen molar-refractivity contribution in [1.82, 2.24) is 9.13 Å². The van der Waals surface area contributed by atoms with Crippen LogP contribution in [0.3, 0.4) is 0 Å². The highest BCUT2D eigenvalue weighted by Gasteiger charge is 2.44. The fourth-order valence-electron chi connectivity index (χ4n) is 17.1. The average Bonchev–Trinajstić information content (AvgIpc) is 2.24. The first kappa shape index (κ1) is 51.4. The lowest BCUT2D eigenvalue weighted by atomic mass is 9.30. The number of hydrogen-bond donors (Lipinski definition) is 1. The molecule has 0 saturated heterocycles. The molecule has 0 spiro atoms. The molecule has 5 aliphatic rings. The van der Waals surface area contributed by atoms with Gasteiger partial charge in [0.1, 0.15) is 0 Å². The van der Waals surface area contributed by atoms with E-state index < -0.39 is 0 Å². The van der Waals surface area contributed by atoms with Crippen LogP contribution in [0.4, 0.5) is 22.7 Å². The number of benzene rings is 12. The second kappa shape index (κ2) is 18.7. The Labute approximate surface area is 524 Å². The molecule has 0 radical (unpaired) electrons. The zero-order chi connectivity index (χ0) is 59.2. The minimum Gasteiger partial charge on any atom is -0.399 e. The van der Waals surface area contributed by atoms with Gasteiger partial charge in [-0.3, -0.25) is 0 Å². The summed E-state index contributed by atoms with van der Waals surface area (Å²) >= 11 is 1.94. The van der Waals surface area contributed by atoms with Crippen molar-refractivity contribution in [2.45, 2.75) is 74.0 Å². The van der Waals surface area contributed by atoms with Gasteiger partial charge in [0.25, 0.3) is 0 Å². The highest BCUT2D eigenvalue weighted by atomic mass is 32.2. The SMILES string of the molecule is CC1(C)CCC(C)(C)c2c(-c3ccc(N4c5cc(-n6c7ccccc7c7ccccc76)ccc5B5c6ccc(-n7c8ccccc8c8ccccc87)cc6Sc6cc(-c7cc8c9c(c7)Cc7cc(N)ccc7B9c7ccccc7C8)cc4c65)cc3)cccc21. The molecule has 1 aliphatic carbocycles. The number of para-hydroxylation sites is 4. The van der Waals surface area contributed by atoms with Gasteiger partial charge in [-0.05, 0) is 188 Å².